The average molecular weight is 287 g/mol. The maximum atomic E-state index is 12.2. The fraction of sp³-hybridized carbons (Fsp3) is 0.455. The van der Waals surface area contributed by atoms with Gasteiger partial charge in [-0.15, -0.1) is 0 Å². The molecule has 1 aromatic rings. The minimum absolute atomic E-state index is 0.0714. The zero-order chi connectivity index (χ0) is 14.0. The summed E-state index contributed by atoms with van der Waals surface area (Å²) in [5.41, 5.74) is -0.0714. The van der Waals surface area contributed by atoms with Crippen LogP contribution in [0.3, 0.4) is 0 Å². The number of nitro groups is 1. The molecule has 104 valence electrons. The number of hydrogen-bond donors (Lipinski definition) is 0. The summed E-state index contributed by atoms with van der Waals surface area (Å²) in [6.45, 7) is 3.57. The lowest BCUT2D eigenvalue weighted by Gasteiger charge is -2.34. The van der Waals surface area contributed by atoms with E-state index in [4.69, 9.17) is 13.6 Å². The second-order valence-corrected chi connectivity index (χ2v) is 5.86. The van der Waals surface area contributed by atoms with E-state index in [9.17, 15) is 15.0 Å². The van der Waals surface area contributed by atoms with Gasteiger partial charge in [-0.1, -0.05) is 0 Å². The Morgan fingerprint density at radius 1 is 1.26 bits per heavy atom. The van der Waals surface area contributed by atoms with Crippen LogP contribution in [-0.4, -0.2) is 17.1 Å². The molecule has 7 nitrogen and oxygen atoms in total. The van der Waals surface area contributed by atoms with Crippen LogP contribution in [0.2, 0.25) is 0 Å². The molecule has 0 spiro atoms. The highest BCUT2D eigenvalue weighted by atomic mass is 31.2. The second kappa shape index (κ2) is 5.38. The number of rotatable bonds is 3. The number of nitrogens with zero attached hydrogens (tertiary/aromatic N) is 1. The van der Waals surface area contributed by atoms with Crippen molar-refractivity contribution in [2.45, 2.75) is 32.5 Å². The van der Waals surface area contributed by atoms with Gasteiger partial charge in [-0.2, -0.15) is 9.05 Å². The first kappa shape index (κ1) is 14.1. The number of non-ortho nitro benzene ring substituents is 1. The van der Waals surface area contributed by atoms with E-state index in [0.717, 1.165) is 0 Å². The summed E-state index contributed by atoms with van der Waals surface area (Å²) in [4.78, 5) is 22.2. The molecule has 1 unspecified atom stereocenters. The molecule has 1 saturated heterocycles. The lowest BCUT2D eigenvalue weighted by Crippen LogP contribution is -2.34. The summed E-state index contributed by atoms with van der Waals surface area (Å²) < 4.78 is 15.6. The van der Waals surface area contributed by atoms with Crippen molar-refractivity contribution in [3.63, 3.8) is 0 Å². The van der Waals surface area contributed by atoms with Gasteiger partial charge in [0.05, 0.1) is 4.92 Å². The predicted molar refractivity (Wildman–Crippen MR) is 66.4 cm³/mol. The second-order valence-electron chi connectivity index (χ2n) is 4.36. The van der Waals surface area contributed by atoms with Crippen molar-refractivity contribution >= 4 is 13.9 Å². The van der Waals surface area contributed by atoms with E-state index in [1.165, 1.54) is 24.3 Å². The Morgan fingerprint density at radius 2 is 1.79 bits per heavy atom. The van der Waals surface area contributed by atoms with Gasteiger partial charge < -0.3 is 4.89 Å². The van der Waals surface area contributed by atoms with Crippen LogP contribution in [0.5, 0.6) is 5.75 Å². The fourth-order valence-electron chi connectivity index (χ4n) is 1.82. The van der Waals surface area contributed by atoms with Gasteiger partial charge in [-0.25, -0.2) is 0 Å². The smallest absolute Gasteiger partial charge is 0.429 e. The van der Waals surface area contributed by atoms with E-state index < -0.39 is 13.1 Å². The van der Waals surface area contributed by atoms with Crippen molar-refractivity contribution < 1.29 is 23.4 Å². The van der Waals surface area contributed by atoms with Crippen molar-refractivity contribution in [1.82, 2.24) is 0 Å². The molecule has 0 amide bonds. The van der Waals surface area contributed by atoms with E-state index in [-0.39, 0.29) is 23.6 Å². The van der Waals surface area contributed by atoms with Gasteiger partial charge in [-0.3, -0.25) is 14.6 Å². The van der Waals surface area contributed by atoms with Gasteiger partial charge in [0.25, 0.3) is 5.69 Å². The highest BCUT2D eigenvalue weighted by Gasteiger charge is 2.44. The lowest BCUT2D eigenvalue weighted by atomic mass is 10.2. The molecule has 1 fully saturated rings. The van der Waals surface area contributed by atoms with Gasteiger partial charge in [0.1, 0.15) is 12.2 Å². The van der Waals surface area contributed by atoms with Crippen LogP contribution >= 0.6 is 8.17 Å². The first-order valence-corrected chi connectivity index (χ1v) is 7.25. The molecule has 8 heteroatoms. The summed E-state index contributed by atoms with van der Waals surface area (Å²) in [6, 6.07) is 5.24. The lowest BCUT2D eigenvalue weighted by molar-refractivity contribution is -0.384. The Hall–Kier alpha value is -1.27. The van der Waals surface area contributed by atoms with Crippen LogP contribution in [0.25, 0.3) is 0 Å². The maximum absolute atomic E-state index is 12.2. The normalized spacial score (nSPS) is 30.9. The third kappa shape index (κ3) is 3.61. The molecule has 0 radical (unpaired) electrons. The summed E-state index contributed by atoms with van der Waals surface area (Å²) in [5.74, 6) is 0.204. The highest BCUT2D eigenvalue weighted by molar-refractivity contribution is 7.54. The van der Waals surface area contributed by atoms with Gasteiger partial charge in [0, 0.05) is 18.6 Å². The van der Waals surface area contributed by atoms with Crippen LogP contribution in [0.4, 0.5) is 5.69 Å². The summed E-state index contributed by atoms with van der Waals surface area (Å²) in [6.07, 6.45) is 0.174. The SMILES string of the molecule is C[C@@H]1C[C@H](C)O[P+]([O-])(Oc2ccc([N+](=O)[O-])cc2)O1. The van der Waals surface area contributed by atoms with Crippen molar-refractivity contribution in [1.29, 1.82) is 0 Å². The van der Waals surface area contributed by atoms with E-state index in [2.05, 4.69) is 0 Å². The first-order chi connectivity index (χ1) is 8.88. The Morgan fingerprint density at radius 3 is 2.26 bits per heavy atom. The zero-order valence-corrected chi connectivity index (χ0v) is 11.4. The Kier molecular flexibility index (Phi) is 4.01. The summed E-state index contributed by atoms with van der Waals surface area (Å²) in [5, 5.41) is 10.5. The average Bonchev–Trinajstić information content (AvgIpc) is 2.26. The van der Waals surface area contributed by atoms with Gasteiger partial charge in [0.15, 0.2) is 5.75 Å². The monoisotopic (exact) mass is 287 g/mol. The molecule has 0 bridgehead atoms. The van der Waals surface area contributed by atoms with E-state index in [1.807, 2.05) is 0 Å². The van der Waals surface area contributed by atoms with Crippen molar-refractivity contribution in [3.05, 3.63) is 34.4 Å². The maximum Gasteiger partial charge on any atom is 0.429 e. The molecule has 3 atom stereocenters. The fourth-order valence-corrected chi connectivity index (χ4v) is 3.39. The standard InChI is InChI=1S/C11H14NO6P/c1-8-7-9(2)17-19(15,16-8)18-11-5-3-10(4-6-11)12(13)14/h3-6,8-9H,7H2,1-2H3/t8-,9+,19?. The minimum Gasteiger partial charge on any atom is -0.598 e. The predicted octanol–water partition coefficient (Wildman–Crippen LogP) is 2.23. The first-order valence-electron chi connectivity index (χ1n) is 5.79. The third-order valence-corrected chi connectivity index (χ3v) is 4.22. The Balaban J connectivity index is 2.09. The van der Waals surface area contributed by atoms with Crippen LogP contribution < -0.4 is 9.42 Å². The molecular weight excluding hydrogens is 273 g/mol. The van der Waals surface area contributed by atoms with Crippen molar-refractivity contribution in [2.75, 3.05) is 0 Å². The number of phosphoric acid groups is 1. The molecule has 1 heterocycles. The molecule has 2 rings (SSSR count). The molecule has 0 N–H and O–H groups in total. The molecule has 19 heavy (non-hydrogen) atoms. The number of phosphoric ester groups is 1. The van der Waals surface area contributed by atoms with Crippen LogP contribution in [0.1, 0.15) is 20.3 Å². The van der Waals surface area contributed by atoms with E-state index >= 15 is 0 Å². The summed E-state index contributed by atoms with van der Waals surface area (Å²) in [7, 11) is -3.66. The number of hydrogen-bond acceptors (Lipinski definition) is 6. The molecule has 0 aromatic heterocycles. The molecule has 0 saturated carbocycles. The minimum atomic E-state index is -3.66. The molecule has 1 aliphatic rings. The molecular formula is C11H14NO6P. The van der Waals surface area contributed by atoms with Crippen LogP contribution in [0.15, 0.2) is 24.3 Å². The van der Waals surface area contributed by atoms with Crippen LogP contribution in [0, 0.1) is 10.1 Å². The van der Waals surface area contributed by atoms with Gasteiger partial charge in [0.2, 0.25) is 0 Å². The van der Waals surface area contributed by atoms with Crippen molar-refractivity contribution in [2.24, 2.45) is 0 Å². The zero-order valence-electron chi connectivity index (χ0n) is 10.5. The number of benzene rings is 1. The quantitative estimate of drug-likeness (QED) is 0.480. The highest BCUT2D eigenvalue weighted by Crippen LogP contribution is 2.58. The Bertz CT molecular complexity index is 455. The Labute approximate surface area is 110 Å². The largest absolute Gasteiger partial charge is 0.598 e. The number of nitro benzene ring substituents is 1. The summed E-state index contributed by atoms with van der Waals surface area (Å²) >= 11 is 0. The third-order valence-electron chi connectivity index (χ3n) is 2.55. The van der Waals surface area contributed by atoms with E-state index in [1.54, 1.807) is 13.8 Å². The molecule has 1 aliphatic heterocycles. The van der Waals surface area contributed by atoms with Crippen LogP contribution in [-0.2, 0) is 9.05 Å². The topological polar surface area (TPSA) is 93.9 Å². The molecule has 0 aliphatic carbocycles. The molecule has 1 aromatic carbocycles. The van der Waals surface area contributed by atoms with Crippen molar-refractivity contribution in [3.8, 4) is 5.75 Å². The van der Waals surface area contributed by atoms with Gasteiger partial charge in [-0.05, 0) is 26.0 Å². The van der Waals surface area contributed by atoms with Gasteiger partial charge >= 0.3 is 8.17 Å². The van der Waals surface area contributed by atoms with E-state index in [0.29, 0.717) is 6.42 Å².